The molecule has 2 heteroatoms. The van der Waals surface area contributed by atoms with Gasteiger partial charge in [-0.05, 0) is 42.4 Å². The molecule has 0 amide bonds. The Morgan fingerprint density at radius 1 is 1.04 bits per heavy atom. The molecule has 0 aliphatic heterocycles. The molecule has 28 heavy (non-hydrogen) atoms. The van der Waals surface area contributed by atoms with Crippen LogP contribution in [0, 0.1) is 11.3 Å². The number of benzene rings is 2. The van der Waals surface area contributed by atoms with Gasteiger partial charge in [0, 0.05) is 22.3 Å². The minimum Gasteiger partial charge on any atom is -0.313 e. The summed E-state index contributed by atoms with van der Waals surface area (Å²) in [5, 5.41) is 1.37. The van der Waals surface area contributed by atoms with Crippen LogP contribution >= 0.6 is 0 Å². The van der Waals surface area contributed by atoms with Crippen LogP contribution in [0.2, 0.25) is 13.1 Å². The van der Waals surface area contributed by atoms with E-state index in [1.54, 1.807) is 0 Å². The predicted molar refractivity (Wildman–Crippen MR) is 125 cm³/mol. The number of allylic oxidation sites excluding steroid dienone is 1. The first-order valence-corrected chi connectivity index (χ1v) is 10.8. The first-order chi connectivity index (χ1) is 13.4. The Balaban J connectivity index is 1.70. The van der Waals surface area contributed by atoms with Gasteiger partial charge < -0.3 is 4.57 Å². The number of rotatable bonds is 5. The molecule has 0 saturated carbocycles. The molecule has 144 valence electrons. The lowest BCUT2D eigenvalue weighted by Crippen LogP contribution is -2.34. The zero-order valence-corrected chi connectivity index (χ0v) is 18.0. The van der Waals surface area contributed by atoms with Gasteiger partial charge >= 0.3 is 0 Å². The second-order valence-corrected chi connectivity index (χ2v) is 9.49. The van der Waals surface area contributed by atoms with E-state index in [0.29, 0.717) is 18.0 Å². The summed E-state index contributed by atoms with van der Waals surface area (Å²) in [6, 6.07) is 18.1. The van der Waals surface area contributed by atoms with Crippen LogP contribution in [0.4, 0.5) is 0 Å². The summed E-state index contributed by atoms with van der Waals surface area (Å²) in [7, 11) is 0. The van der Waals surface area contributed by atoms with Gasteiger partial charge in [-0.3, -0.25) is 0 Å². The highest BCUT2D eigenvalue weighted by Gasteiger charge is 2.27. The fourth-order valence-electron chi connectivity index (χ4n) is 4.56. The van der Waals surface area contributed by atoms with E-state index in [0.717, 1.165) is 12.8 Å². The average Bonchev–Trinajstić information content (AvgIpc) is 3.02. The van der Waals surface area contributed by atoms with Crippen LogP contribution in [-0.4, -0.2) is 11.3 Å². The van der Waals surface area contributed by atoms with Crippen LogP contribution in [-0.2, 0) is 6.42 Å². The van der Waals surface area contributed by atoms with Crippen molar-refractivity contribution in [1.29, 1.82) is 0 Å². The topological polar surface area (TPSA) is 4.93 Å². The van der Waals surface area contributed by atoms with E-state index in [1.165, 1.54) is 39.6 Å². The van der Waals surface area contributed by atoms with Crippen molar-refractivity contribution >= 4 is 29.2 Å². The molecule has 0 fully saturated rings. The standard InChI is InChI=1S/C26H32BN/c1-19(2)26(3,4)18-27(5)20-14-16-21(17-15-20)28-24-12-8-6-10-22(24)23-11-7-9-13-25(23)28/h6-8,10-12,14-17,19H,9,13,18H2,1-5H3. The zero-order valence-electron chi connectivity index (χ0n) is 18.0. The molecule has 0 N–H and O–H groups in total. The van der Waals surface area contributed by atoms with Gasteiger partial charge in [0.25, 0.3) is 0 Å². The van der Waals surface area contributed by atoms with Crippen LogP contribution in [0.15, 0.2) is 54.6 Å². The number of nitrogens with zero attached hydrogens (tertiary/aromatic N) is 1. The van der Waals surface area contributed by atoms with E-state index >= 15 is 0 Å². The van der Waals surface area contributed by atoms with E-state index in [4.69, 9.17) is 0 Å². The lowest BCUT2D eigenvalue weighted by molar-refractivity contribution is 0.282. The largest absolute Gasteiger partial charge is 0.313 e. The molecule has 1 aliphatic carbocycles. The van der Waals surface area contributed by atoms with Crippen LogP contribution in [0.3, 0.4) is 0 Å². The maximum atomic E-state index is 2.47. The summed E-state index contributed by atoms with van der Waals surface area (Å²) in [5.74, 6) is 0.694. The van der Waals surface area contributed by atoms with E-state index in [1.807, 2.05) is 0 Å². The molecule has 0 unspecified atom stereocenters. The predicted octanol–water partition coefficient (Wildman–Crippen LogP) is 6.60. The van der Waals surface area contributed by atoms with E-state index in [2.05, 4.69) is 99.8 Å². The van der Waals surface area contributed by atoms with Crippen LogP contribution in [0.1, 0.15) is 45.4 Å². The highest BCUT2D eigenvalue weighted by atomic mass is 15.0. The second-order valence-electron chi connectivity index (χ2n) is 9.49. The molecule has 0 bridgehead atoms. The highest BCUT2D eigenvalue weighted by molar-refractivity contribution is 6.72. The summed E-state index contributed by atoms with van der Waals surface area (Å²) in [4.78, 5) is 0. The van der Waals surface area contributed by atoms with Crippen molar-refractivity contribution in [3.05, 3.63) is 65.9 Å². The lowest BCUT2D eigenvalue weighted by atomic mass is 9.40. The maximum absolute atomic E-state index is 2.47. The molecule has 4 rings (SSSR count). The smallest absolute Gasteiger partial charge is 0.173 e. The van der Waals surface area contributed by atoms with Crippen LogP contribution in [0.25, 0.3) is 22.7 Å². The first-order valence-electron chi connectivity index (χ1n) is 10.8. The van der Waals surface area contributed by atoms with E-state index < -0.39 is 0 Å². The molecule has 0 spiro atoms. The van der Waals surface area contributed by atoms with Crippen molar-refractivity contribution in [3.63, 3.8) is 0 Å². The van der Waals surface area contributed by atoms with Gasteiger partial charge in [0.1, 0.15) is 0 Å². The van der Waals surface area contributed by atoms with E-state index in [-0.39, 0.29) is 0 Å². The Labute approximate surface area is 170 Å². The molecule has 1 aromatic heterocycles. The fraction of sp³-hybridized carbons (Fsp3) is 0.385. The third-order valence-electron chi connectivity index (χ3n) is 6.96. The summed E-state index contributed by atoms with van der Waals surface area (Å²) >= 11 is 0. The van der Waals surface area contributed by atoms with Crippen LogP contribution in [0.5, 0.6) is 0 Å². The Morgan fingerprint density at radius 3 is 2.46 bits per heavy atom. The summed E-state index contributed by atoms with van der Waals surface area (Å²) in [6.07, 6.45) is 8.07. The van der Waals surface area contributed by atoms with Gasteiger partial charge in [0.05, 0.1) is 5.52 Å². The quantitative estimate of drug-likeness (QED) is 0.446. The number of aromatic nitrogens is 1. The van der Waals surface area contributed by atoms with Gasteiger partial charge in [-0.1, -0.05) is 88.8 Å². The van der Waals surface area contributed by atoms with Gasteiger partial charge in [0.15, 0.2) is 6.71 Å². The zero-order chi connectivity index (χ0) is 19.9. The Hall–Kier alpha value is -2.22. The average molecular weight is 369 g/mol. The minimum absolute atomic E-state index is 0.361. The van der Waals surface area contributed by atoms with Gasteiger partial charge in [0.2, 0.25) is 0 Å². The second kappa shape index (κ2) is 7.31. The van der Waals surface area contributed by atoms with Crippen molar-refractivity contribution < 1.29 is 0 Å². The van der Waals surface area contributed by atoms with Crippen molar-refractivity contribution in [1.82, 2.24) is 4.57 Å². The summed E-state index contributed by atoms with van der Waals surface area (Å²) in [6.45, 7) is 12.4. The first kappa shape index (κ1) is 19.1. The highest BCUT2D eigenvalue weighted by Crippen LogP contribution is 2.34. The monoisotopic (exact) mass is 369 g/mol. The Kier molecular flexibility index (Phi) is 4.99. The van der Waals surface area contributed by atoms with Crippen LogP contribution < -0.4 is 5.46 Å². The van der Waals surface area contributed by atoms with Gasteiger partial charge in [-0.15, -0.1) is 0 Å². The van der Waals surface area contributed by atoms with Crippen molar-refractivity contribution in [2.75, 3.05) is 0 Å². The number of hydrogen-bond donors (Lipinski definition) is 0. The molecule has 1 aliphatic rings. The minimum atomic E-state index is 0.361. The Bertz CT molecular complexity index is 1000. The van der Waals surface area contributed by atoms with Crippen molar-refractivity contribution in [3.8, 4) is 5.69 Å². The number of hydrogen-bond acceptors (Lipinski definition) is 0. The van der Waals surface area contributed by atoms with Crippen molar-refractivity contribution in [2.24, 2.45) is 11.3 Å². The number of fused-ring (bicyclic) bond motifs is 3. The summed E-state index contributed by atoms with van der Waals surface area (Å²) < 4.78 is 2.47. The maximum Gasteiger partial charge on any atom is 0.173 e. The summed E-state index contributed by atoms with van der Waals surface area (Å²) in [5.41, 5.74) is 7.26. The fourth-order valence-corrected chi connectivity index (χ4v) is 4.56. The molecular weight excluding hydrogens is 337 g/mol. The molecule has 0 radical (unpaired) electrons. The molecule has 2 aromatic carbocycles. The third-order valence-corrected chi connectivity index (χ3v) is 6.96. The van der Waals surface area contributed by atoms with Gasteiger partial charge in [-0.25, -0.2) is 0 Å². The SMILES string of the molecule is CB(CC(C)(C)C(C)C)c1ccc(-n2c3c(c4ccccc42)C=CCC3)cc1. The molecule has 1 nitrogen and oxygen atoms in total. The normalized spacial score (nSPS) is 13.9. The number of para-hydroxylation sites is 1. The Morgan fingerprint density at radius 2 is 1.75 bits per heavy atom. The molecule has 0 saturated heterocycles. The van der Waals surface area contributed by atoms with E-state index in [9.17, 15) is 0 Å². The molecule has 0 atom stereocenters. The third kappa shape index (κ3) is 3.34. The van der Waals surface area contributed by atoms with Gasteiger partial charge in [-0.2, -0.15) is 0 Å². The molecular formula is C26H32BN. The molecule has 3 aromatic rings. The lowest BCUT2D eigenvalue weighted by Gasteiger charge is -2.31. The molecule has 1 heterocycles. The van der Waals surface area contributed by atoms with Crippen molar-refractivity contribution in [2.45, 2.75) is 53.7 Å².